The molecule has 0 unspecified atom stereocenters. The van der Waals surface area contributed by atoms with E-state index < -0.39 is 9.84 Å². The second-order valence-corrected chi connectivity index (χ2v) is 5.13. The molecule has 0 spiro atoms. The third-order valence-corrected chi connectivity index (χ3v) is 2.64. The average molecular weight is 178 g/mol. The summed E-state index contributed by atoms with van der Waals surface area (Å²) < 4.78 is 21.7. The number of hydrogen-bond donors (Lipinski definition) is 2. The van der Waals surface area contributed by atoms with Crippen LogP contribution < -0.4 is 10.6 Å². The highest BCUT2D eigenvalue weighted by molar-refractivity contribution is 7.90. The van der Waals surface area contributed by atoms with Gasteiger partial charge in [0.15, 0.2) is 0 Å². The van der Waals surface area contributed by atoms with Crippen molar-refractivity contribution in [2.45, 2.75) is 6.04 Å². The Morgan fingerprint density at radius 3 is 2.64 bits per heavy atom. The van der Waals surface area contributed by atoms with Gasteiger partial charge in [0.25, 0.3) is 0 Å². The van der Waals surface area contributed by atoms with Crippen LogP contribution in [0, 0.1) is 0 Å². The van der Waals surface area contributed by atoms with Crippen molar-refractivity contribution in [1.82, 2.24) is 10.6 Å². The maximum absolute atomic E-state index is 10.8. The fourth-order valence-corrected chi connectivity index (χ4v) is 2.16. The third kappa shape index (κ3) is 3.69. The van der Waals surface area contributed by atoms with E-state index in [0.717, 1.165) is 19.6 Å². The Labute approximate surface area is 67.3 Å². The first-order valence-electron chi connectivity index (χ1n) is 3.70. The molecule has 1 aliphatic rings. The molecule has 1 aliphatic heterocycles. The molecule has 0 radical (unpaired) electrons. The molecule has 2 N–H and O–H groups in total. The molecule has 11 heavy (non-hydrogen) atoms. The summed E-state index contributed by atoms with van der Waals surface area (Å²) in [4.78, 5) is 0. The number of rotatable bonds is 2. The maximum atomic E-state index is 10.8. The van der Waals surface area contributed by atoms with E-state index in [0.29, 0.717) is 0 Å². The Balaban J connectivity index is 2.36. The lowest BCUT2D eigenvalue weighted by Crippen LogP contribution is -2.51. The number of hydrogen-bond acceptors (Lipinski definition) is 4. The summed E-state index contributed by atoms with van der Waals surface area (Å²) in [5.41, 5.74) is 0. The standard InChI is InChI=1S/C6H14N2O2S/c1-11(9,10)5-6-4-7-2-3-8-6/h6-8H,2-5H2,1H3/t6-/m1/s1. The van der Waals surface area contributed by atoms with Crippen molar-refractivity contribution in [3.63, 3.8) is 0 Å². The molecule has 0 saturated carbocycles. The van der Waals surface area contributed by atoms with Gasteiger partial charge in [-0.3, -0.25) is 0 Å². The molecule has 1 fully saturated rings. The molecule has 66 valence electrons. The van der Waals surface area contributed by atoms with Gasteiger partial charge in [0.2, 0.25) is 0 Å². The van der Waals surface area contributed by atoms with E-state index in [4.69, 9.17) is 0 Å². The smallest absolute Gasteiger partial charge is 0.149 e. The number of nitrogens with one attached hydrogen (secondary N) is 2. The molecule has 0 aliphatic carbocycles. The van der Waals surface area contributed by atoms with Crippen LogP contribution in [-0.2, 0) is 9.84 Å². The lowest BCUT2D eigenvalue weighted by Gasteiger charge is -2.23. The van der Waals surface area contributed by atoms with E-state index in [1.165, 1.54) is 6.26 Å². The summed E-state index contributed by atoms with van der Waals surface area (Å²) in [6.45, 7) is 2.55. The normalized spacial score (nSPS) is 26.8. The topological polar surface area (TPSA) is 58.2 Å². The molecule has 1 saturated heterocycles. The fraction of sp³-hybridized carbons (Fsp3) is 1.00. The largest absolute Gasteiger partial charge is 0.314 e. The van der Waals surface area contributed by atoms with Crippen LogP contribution in [0.4, 0.5) is 0 Å². The van der Waals surface area contributed by atoms with E-state index >= 15 is 0 Å². The highest BCUT2D eigenvalue weighted by Gasteiger charge is 2.16. The van der Waals surface area contributed by atoms with Crippen LogP contribution in [0.3, 0.4) is 0 Å². The predicted molar refractivity (Wildman–Crippen MR) is 44.4 cm³/mol. The van der Waals surface area contributed by atoms with Gasteiger partial charge in [-0.15, -0.1) is 0 Å². The summed E-state index contributed by atoms with van der Waals surface area (Å²) >= 11 is 0. The highest BCUT2D eigenvalue weighted by Crippen LogP contribution is 1.92. The predicted octanol–water partition coefficient (Wildman–Crippen LogP) is -1.41. The van der Waals surface area contributed by atoms with Crippen molar-refractivity contribution >= 4 is 9.84 Å². The SMILES string of the molecule is CS(=O)(=O)C[C@H]1CNCCN1. The van der Waals surface area contributed by atoms with Gasteiger partial charge in [0.1, 0.15) is 9.84 Å². The van der Waals surface area contributed by atoms with E-state index in [9.17, 15) is 8.42 Å². The van der Waals surface area contributed by atoms with Crippen LogP contribution in [0.5, 0.6) is 0 Å². The highest BCUT2D eigenvalue weighted by atomic mass is 32.2. The van der Waals surface area contributed by atoms with Gasteiger partial charge in [-0.1, -0.05) is 0 Å². The number of piperazine rings is 1. The molecule has 5 heteroatoms. The summed E-state index contributed by atoms with van der Waals surface area (Å²) in [5, 5.41) is 6.26. The molecule has 0 aromatic carbocycles. The molecular weight excluding hydrogens is 164 g/mol. The molecule has 1 heterocycles. The minimum atomic E-state index is -2.83. The lowest BCUT2D eigenvalue weighted by molar-refractivity contribution is 0.441. The van der Waals surface area contributed by atoms with Gasteiger partial charge in [-0.2, -0.15) is 0 Å². The lowest BCUT2D eigenvalue weighted by atomic mass is 10.3. The second kappa shape index (κ2) is 3.51. The fourth-order valence-electron chi connectivity index (χ4n) is 1.20. The van der Waals surface area contributed by atoms with Crippen LogP contribution in [0.2, 0.25) is 0 Å². The maximum Gasteiger partial charge on any atom is 0.149 e. The van der Waals surface area contributed by atoms with Crippen molar-refractivity contribution in [1.29, 1.82) is 0 Å². The monoisotopic (exact) mass is 178 g/mol. The zero-order valence-corrected chi connectivity index (χ0v) is 7.45. The van der Waals surface area contributed by atoms with Crippen LogP contribution in [0.15, 0.2) is 0 Å². The first-order chi connectivity index (χ1) is 5.08. The van der Waals surface area contributed by atoms with Gasteiger partial charge in [-0.05, 0) is 0 Å². The quantitative estimate of drug-likeness (QED) is 0.545. The van der Waals surface area contributed by atoms with Gasteiger partial charge < -0.3 is 10.6 Å². The van der Waals surface area contributed by atoms with Crippen LogP contribution in [0.25, 0.3) is 0 Å². The van der Waals surface area contributed by atoms with Crippen molar-refractivity contribution in [2.24, 2.45) is 0 Å². The Kier molecular flexibility index (Phi) is 2.86. The summed E-state index contributed by atoms with van der Waals surface area (Å²) in [6.07, 6.45) is 1.27. The van der Waals surface area contributed by atoms with Gasteiger partial charge in [0.05, 0.1) is 5.75 Å². The Morgan fingerprint density at radius 1 is 1.45 bits per heavy atom. The molecular formula is C6H14N2O2S. The number of sulfone groups is 1. The first kappa shape index (κ1) is 8.96. The van der Waals surface area contributed by atoms with E-state index in [-0.39, 0.29) is 11.8 Å². The van der Waals surface area contributed by atoms with Crippen molar-refractivity contribution in [2.75, 3.05) is 31.6 Å². The van der Waals surface area contributed by atoms with Gasteiger partial charge >= 0.3 is 0 Å². The average Bonchev–Trinajstić information content (AvgIpc) is 1.85. The summed E-state index contributed by atoms with van der Waals surface area (Å²) in [5.74, 6) is 0.236. The molecule has 0 aromatic rings. The summed E-state index contributed by atoms with van der Waals surface area (Å²) in [7, 11) is -2.83. The van der Waals surface area contributed by atoms with Crippen molar-refractivity contribution < 1.29 is 8.42 Å². The van der Waals surface area contributed by atoms with Gasteiger partial charge in [-0.25, -0.2) is 8.42 Å². The van der Waals surface area contributed by atoms with Gasteiger partial charge in [0, 0.05) is 31.9 Å². The first-order valence-corrected chi connectivity index (χ1v) is 5.76. The minimum Gasteiger partial charge on any atom is -0.314 e. The zero-order valence-electron chi connectivity index (χ0n) is 6.63. The molecule has 0 amide bonds. The second-order valence-electron chi connectivity index (χ2n) is 2.95. The van der Waals surface area contributed by atoms with Crippen LogP contribution >= 0.6 is 0 Å². The third-order valence-electron chi connectivity index (χ3n) is 1.63. The van der Waals surface area contributed by atoms with E-state index in [2.05, 4.69) is 10.6 Å². The molecule has 1 rings (SSSR count). The minimum absolute atomic E-state index is 0.0961. The van der Waals surface area contributed by atoms with Crippen molar-refractivity contribution in [3.05, 3.63) is 0 Å². The zero-order chi connectivity index (χ0) is 8.32. The van der Waals surface area contributed by atoms with Crippen LogP contribution in [-0.4, -0.2) is 46.1 Å². The molecule has 1 atom stereocenters. The Bertz CT molecular complexity index is 207. The Morgan fingerprint density at radius 2 is 2.18 bits per heavy atom. The van der Waals surface area contributed by atoms with E-state index in [1.54, 1.807) is 0 Å². The van der Waals surface area contributed by atoms with E-state index in [1.807, 2.05) is 0 Å². The van der Waals surface area contributed by atoms with Crippen LogP contribution in [0.1, 0.15) is 0 Å². The molecule has 0 bridgehead atoms. The molecule has 4 nitrogen and oxygen atoms in total. The Hall–Kier alpha value is -0.130. The molecule has 0 aromatic heterocycles. The summed E-state index contributed by atoms with van der Waals surface area (Å²) in [6, 6.07) is 0.0961. The van der Waals surface area contributed by atoms with Crippen molar-refractivity contribution in [3.8, 4) is 0 Å².